The summed E-state index contributed by atoms with van der Waals surface area (Å²) in [7, 11) is 0. The number of fused-ring (bicyclic) bond motifs is 5. The minimum absolute atomic E-state index is 0.0831. The lowest BCUT2D eigenvalue weighted by Crippen LogP contribution is -2.59. The Morgan fingerprint density at radius 1 is 0.917 bits per heavy atom. The first kappa shape index (κ1) is 17.3. The molecule has 0 aromatic rings. The molecular weight excluding hydrogens is 300 g/mol. The largest absolute Gasteiger partial charge is 0.393 e. The molecule has 3 heteroatoms. The van der Waals surface area contributed by atoms with Gasteiger partial charge in [0.1, 0.15) is 0 Å². The predicted molar refractivity (Wildman–Crippen MR) is 94.4 cm³/mol. The van der Waals surface area contributed by atoms with Gasteiger partial charge in [-0.3, -0.25) is 0 Å². The van der Waals surface area contributed by atoms with Crippen LogP contribution in [0.15, 0.2) is 0 Å². The van der Waals surface area contributed by atoms with Crippen molar-refractivity contribution in [1.82, 2.24) is 0 Å². The first-order valence-corrected chi connectivity index (χ1v) is 10.3. The second-order valence-corrected chi connectivity index (χ2v) is 10.2. The average molecular weight is 337 g/mol. The van der Waals surface area contributed by atoms with Gasteiger partial charge in [0.15, 0.2) is 0 Å². The van der Waals surface area contributed by atoms with Crippen molar-refractivity contribution < 1.29 is 15.3 Å². The molecule has 138 valence electrons. The number of hydrogen-bond acceptors (Lipinski definition) is 3. The highest BCUT2D eigenvalue weighted by molar-refractivity contribution is 5.15. The Labute approximate surface area is 146 Å². The van der Waals surface area contributed by atoms with Crippen molar-refractivity contribution in [3.05, 3.63) is 0 Å². The van der Waals surface area contributed by atoms with Crippen LogP contribution in [0.2, 0.25) is 0 Å². The second-order valence-electron chi connectivity index (χ2n) is 10.2. The smallest absolute Gasteiger partial charge is 0.0958 e. The van der Waals surface area contributed by atoms with E-state index < -0.39 is 11.7 Å². The maximum absolute atomic E-state index is 11.3. The van der Waals surface area contributed by atoms with Gasteiger partial charge < -0.3 is 15.3 Å². The van der Waals surface area contributed by atoms with Crippen LogP contribution in [0, 0.1) is 34.5 Å². The van der Waals surface area contributed by atoms with Crippen LogP contribution in [0.3, 0.4) is 0 Å². The minimum atomic E-state index is -0.900. The van der Waals surface area contributed by atoms with Gasteiger partial charge in [0.25, 0.3) is 0 Å². The summed E-state index contributed by atoms with van der Waals surface area (Å²) in [5, 5.41) is 31.7. The Morgan fingerprint density at radius 2 is 1.62 bits per heavy atom. The number of hydrogen-bond donors (Lipinski definition) is 3. The van der Waals surface area contributed by atoms with Crippen molar-refractivity contribution in [2.45, 2.75) is 96.4 Å². The fraction of sp³-hybridized carbons (Fsp3) is 1.00. The highest BCUT2D eigenvalue weighted by Gasteiger charge is 2.65. The molecule has 4 saturated carbocycles. The van der Waals surface area contributed by atoms with E-state index in [1.165, 1.54) is 25.7 Å². The molecule has 0 aromatic carbocycles. The fourth-order valence-corrected chi connectivity index (χ4v) is 7.97. The molecule has 4 fully saturated rings. The molecule has 3 nitrogen and oxygen atoms in total. The topological polar surface area (TPSA) is 60.7 Å². The zero-order valence-electron chi connectivity index (χ0n) is 15.7. The normalized spacial score (nSPS) is 58.5. The Morgan fingerprint density at radius 3 is 2.33 bits per heavy atom. The van der Waals surface area contributed by atoms with Crippen molar-refractivity contribution in [3.8, 4) is 0 Å². The van der Waals surface area contributed by atoms with E-state index in [9.17, 15) is 15.3 Å². The molecule has 3 N–H and O–H groups in total. The van der Waals surface area contributed by atoms with Crippen LogP contribution in [-0.4, -0.2) is 33.1 Å². The summed E-state index contributed by atoms with van der Waals surface area (Å²) in [5.74, 6) is 2.69. The lowest BCUT2D eigenvalue weighted by Gasteiger charge is -2.61. The van der Waals surface area contributed by atoms with Gasteiger partial charge in [0.2, 0.25) is 0 Å². The molecule has 9 atom stereocenters. The zero-order valence-corrected chi connectivity index (χ0v) is 15.7. The highest BCUT2D eigenvalue weighted by atomic mass is 16.3. The SMILES string of the molecule is C[C@H](O)[C@@]1(O)CCC2C3CC[C@H]4C[C@@H](O)CC[C@]4(C)C3CC[C@@]21C. The van der Waals surface area contributed by atoms with Gasteiger partial charge in [0, 0.05) is 5.41 Å². The molecule has 4 rings (SSSR count). The molecule has 0 aliphatic heterocycles. The van der Waals surface area contributed by atoms with Gasteiger partial charge in [-0.15, -0.1) is 0 Å². The molecule has 0 radical (unpaired) electrons. The van der Waals surface area contributed by atoms with Crippen LogP contribution in [-0.2, 0) is 0 Å². The van der Waals surface area contributed by atoms with E-state index in [0.29, 0.717) is 23.2 Å². The summed E-state index contributed by atoms with van der Waals surface area (Å²) in [6.45, 7) is 6.53. The highest BCUT2D eigenvalue weighted by Crippen LogP contribution is 2.68. The van der Waals surface area contributed by atoms with E-state index in [0.717, 1.165) is 38.0 Å². The van der Waals surface area contributed by atoms with Crippen LogP contribution in [0.5, 0.6) is 0 Å². The molecule has 0 aromatic heterocycles. The summed E-state index contributed by atoms with van der Waals surface area (Å²) < 4.78 is 0. The molecule has 0 saturated heterocycles. The quantitative estimate of drug-likeness (QED) is 0.687. The Bertz CT molecular complexity index is 505. The van der Waals surface area contributed by atoms with Crippen LogP contribution in [0.4, 0.5) is 0 Å². The Hall–Kier alpha value is -0.120. The van der Waals surface area contributed by atoms with Crippen LogP contribution < -0.4 is 0 Å². The molecule has 0 amide bonds. The molecule has 3 unspecified atom stereocenters. The van der Waals surface area contributed by atoms with Gasteiger partial charge >= 0.3 is 0 Å². The third-order valence-corrected chi connectivity index (χ3v) is 9.54. The Balaban J connectivity index is 1.63. The molecule has 0 spiro atoms. The van der Waals surface area contributed by atoms with E-state index >= 15 is 0 Å². The van der Waals surface area contributed by atoms with E-state index in [1.54, 1.807) is 6.92 Å². The van der Waals surface area contributed by atoms with Crippen LogP contribution >= 0.6 is 0 Å². The van der Waals surface area contributed by atoms with Crippen molar-refractivity contribution in [2.75, 3.05) is 0 Å². The Kier molecular flexibility index (Phi) is 3.92. The molecule has 24 heavy (non-hydrogen) atoms. The predicted octanol–water partition coefficient (Wildman–Crippen LogP) is 3.50. The van der Waals surface area contributed by atoms with Crippen LogP contribution in [0.25, 0.3) is 0 Å². The van der Waals surface area contributed by atoms with Crippen molar-refractivity contribution in [1.29, 1.82) is 0 Å². The maximum atomic E-state index is 11.3. The maximum Gasteiger partial charge on any atom is 0.0958 e. The van der Waals surface area contributed by atoms with Gasteiger partial charge in [-0.1, -0.05) is 13.8 Å². The van der Waals surface area contributed by atoms with Crippen LogP contribution in [0.1, 0.15) is 78.6 Å². The third-order valence-electron chi connectivity index (χ3n) is 9.54. The number of aliphatic hydroxyl groups is 3. The molecule has 0 heterocycles. The van der Waals surface area contributed by atoms with E-state index in [4.69, 9.17) is 0 Å². The minimum Gasteiger partial charge on any atom is -0.393 e. The summed E-state index contributed by atoms with van der Waals surface area (Å²) in [6, 6.07) is 0. The number of aliphatic hydroxyl groups excluding tert-OH is 2. The molecule has 4 aliphatic carbocycles. The first-order valence-electron chi connectivity index (χ1n) is 10.3. The van der Waals surface area contributed by atoms with E-state index in [2.05, 4.69) is 13.8 Å². The van der Waals surface area contributed by atoms with Crippen molar-refractivity contribution >= 4 is 0 Å². The average Bonchev–Trinajstić information content (AvgIpc) is 2.81. The van der Waals surface area contributed by atoms with Gasteiger partial charge in [0.05, 0.1) is 17.8 Å². The van der Waals surface area contributed by atoms with E-state index in [1.807, 2.05) is 0 Å². The molecule has 4 aliphatic rings. The molecular formula is C21H36O3. The lowest BCUT2D eigenvalue weighted by molar-refractivity contribution is -0.186. The summed E-state index contributed by atoms with van der Waals surface area (Å²) in [6.07, 6.45) is 8.99. The summed E-state index contributed by atoms with van der Waals surface area (Å²) >= 11 is 0. The third kappa shape index (κ3) is 2.07. The second kappa shape index (κ2) is 5.44. The fourth-order valence-electron chi connectivity index (χ4n) is 7.97. The lowest BCUT2D eigenvalue weighted by atomic mass is 9.44. The van der Waals surface area contributed by atoms with Gasteiger partial charge in [-0.05, 0) is 93.8 Å². The summed E-state index contributed by atoms with van der Waals surface area (Å²) in [4.78, 5) is 0. The zero-order chi connectivity index (χ0) is 17.3. The standard InChI is InChI=1S/C21H36O3/c1-13(22)21(24)11-8-18-16-5-4-14-12-15(23)6-9-19(14,2)17(16)7-10-20(18,21)3/h13-18,22-24H,4-12H2,1-3H3/t13-,14-,15-,16?,17?,18?,19-,20-,21-/m0/s1. The van der Waals surface area contributed by atoms with E-state index in [-0.39, 0.29) is 11.5 Å². The van der Waals surface area contributed by atoms with Crippen molar-refractivity contribution in [2.24, 2.45) is 34.5 Å². The monoisotopic (exact) mass is 336 g/mol. The number of rotatable bonds is 1. The van der Waals surface area contributed by atoms with Gasteiger partial charge in [-0.25, -0.2) is 0 Å². The molecule has 0 bridgehead atoms. The van der Waals surface area contributed by atoms with Gasteiger partial charge in [-0.2, -0.15) is 0 Å². The first-order chi connectivity index (χ1) is 11.2. The summed E-state index contributed by atoms with van der Waals surface area (Å²) in [5.41, 5.74) is -0.641. The van der Waals surface area contributed by atoms with Crippen molar-refractivity contribution in [3.63, 3.8) is 0 Å².